The van der Waals surface area contributed by atoms with Gasteiger partial charge in [0.15, 0.2) is 0 Å². The minimum absolute atomic E-state index is 0.939. The average molecular weight is 661 g/mol. The Morgan fingerprint density at radius 2 is 1.08 bits per heavy atom. The number of nitrogens with zero attached hydrogens (tertiary/aromatic N) is 4. The second kappa shape index (κ2) is 10.3. The lowest BCUT2D eigenvalue weighted by molar-refractivity contribution is 1.10. The molecule has 11 aromatic rings. The predicted octanol–water partition coefficient (Wildman–Crippen LogP) is 12.3. The fourth-order valence-corrected chi connectivity index (χ4v) is 8.91. The van der Waals surface area contributed by atoms with E-state index in [0.717, 1.165) is 44.7 Å². The van der Waals surface area contributed by atoms with Gasteiger partial charge in [-0.2, -0.15) is 0 Å². The summed E-state index contributed by atoms with van der Waals surface area (Å²) in [4.78, 5) is 9.94. The number of rotatable bonds is 3. The average Bonchev–Trinajstić information content (AvgIpc) is 3.85. The Hall–Kier alpha value is -7.04. The number of fused-ring (bicyclic) bond motifs is 11. The third-order valence-corrected chi connectivity index (χ3v) is 11.1. The van der Waals surface area contributed by atoms with E-state index in [4.69, 9.17) is 9.97 Å². The summed E-state index contributed by atoms with van der Waals surface area (Å²) in [5.41, 5.74) is 12.8. The molecule has 0 unspecified atom stereocenters. The quantitative estimate of drug-likeness (QED) is 0.189. The molecule has 4 heterocycles. The Balaban J connectivity index is 1.09. The molecule has 0 bridgehead atoms. The first-order chi connectivity index (χ1) is 25.8. The van der Waals surface area contributed by atoms with Crippen LogP contribution in [0.5, 0.6) is 0 Å². The van der Waals surface area contributed by atoms with Crippen LogP contribution in [0.15, 0.2) is 170 Å². The molecule has 0 radical (unpaired) electrons. The second-order valence-corrected chi connectivity index (χ2v) is 13.8. The van der Waals surface area contributed by atoms with E-state index in [1.165, 1.54) is 65.4 Å². The van der Waals surface area contributed by atoms with Crippen LogP contribution >= 0.6 is 0 Å². The van der Waals surface area contributed by atoms with Crippen molar-refractivity contribution in [3.63, 3.8) is 0 Å². The van der Waals surface area contributed by atoms with Gasteiger partial charge < -0.3 is 4.57 Å². The van der Waals surface area contributed by atoms with Crippen molar-refractivity contribution in [3.05, 3.63) is 170 Å². The number of aromatic nitrogens is 4. The first-order valence-electron chi connectivity index (χ1n) is 17.7. The van der Waals surface area contributed by atoms with Crippen molar-refractivity contribution < 1.29 is 0 Å². The van der Waals surface area contributed by atoms with Crippen LogP contribution in [0.1, 0.15) is 0 Å². The van der Waals surface area contributed by atoms with E-state index in [9.17, 15) is 0 Å². The van der Waals surface area contributed by atoms with E-state index in [0.29, 0.717) is 0 Å². The molecule has 0 saturated carbocycles. The van der Waals surface area contributed by atoms with Gasteiger partial charge in [-0.15, -0.1) is 0 Å². The first-order valence-corrected chi connectivity index (χ1v) is 17.7. The van der Waals surface area contributed by atoms with Crippen molar-refractivity contribution in [1.29, 1.82) is 0 Å². The fourth-order valence-electron chi connectivity index (χ4n) is 8.91. The zero-order chi connectivity index (χ0) is 33.9. The van der Waals surface area contributed by atoms with Crippen LogP contribution in [0.3, 0.4) is 0 Å². The van der Waals surface area contributed by atoms with Crippen LogP contribution in [0.25, 0.3) is 110 Å². The third kappa shape index (κ3) is 3.65. The smallest absolute Gasteiger partial charge is 0.145 e. The van der Waals surface area contributed by atoms with Gasteiger partial charge in [-0.3, -0.25) is 9.55 Å². The normalized spacial score (nSPS) is 12.2. The van der Waals surface area contributed by atoms with Gasteiger partial charge >= 0.3 is 0 Å². The van der Waals surface area contributed by atoms with Gasteiger partial charge in [0.1, 0.15) is 5.82 Å². The third-order valence-electron chi connectivity index (χ3n) is 11.1. The highest BCUT2D eigenvalue weighted by Crippen LogP contribution is 2.48. The molecule has 4 heteroatoms. The van der Waals surface area contributed by atoms with Gasteiger partial charge in [0.2, 0.25) is 0 Å². The van der Waals surface area contributed by atoms with E-state index < -0.39 is 0 Å². The molecule has 0 spiro atoms. The molecule has 0 aliphatic heterocycles. The second-order valence-electron chi connectivity index (χ2n) is 13.8. The fraction of sp³-hybridized carbons (Fsp3) is 0. The van der Waals surface area contributed by atoms with E-state index in [-0.39, 0.29) is 0 Å². The SMILES string of the molecule is c1ccc(-n2c3ccc(-c4ccc5c(c4)c4ccccc4n5-c4ncc5c6c(cccc46)-c4ncccc4-5)cc3c3c4ccccc4ccc32)cc1. The molecule has 1 aliphatic rings. The summed E-state index contributed by atoms with van der Waals surface area (Å²) >= 11 is 0. The van der Waals surface area contributed by atoms with Gasteiger partial charge in [-0.25, -0.2) is 4.98 Å². The van der Waals surface area contributed by atoms with Crippen molar-refractivity contribution >= 4 is 65.2 Å². The Labute approximate surface area is 298 Å². The number of pyridine rings is 2. The molecule has 240 valence electrons. The lowest BCUT2D eigenvalue weighted by atomic mass is 9.99. The summed E-state index contributed by atoms with van der Waals surface area (Å²) in [6.07, 6.45) is 3.91. The number of benzene rings is 7. The molecular formula is C48H28N4. The Morgan fingerprint density at radius 1 is 0.385 bits per heavy atom. The zero-order valence-corrected chi connectivity index (χ0v) is 28.0. The summed E-state index contributed by atoms with van der Waals surface area (Å²) in [6.45, 7) is 0. The molecule has 7 aromatic carbocycles. The van der Waals surface area contributed by atoms with Crippen LogP contribution in [-0.2, 0) is 0 Å². The van der Waals surface area contributed by atoms with Crippen LogP contribution in [0, 0.1) is 0 Å². The summed E-state index contributed by atoms with van der Waals surface area (Å²) < 4.78 is 4.74. The number of hydrogen-bond donors (Lipinski definition) is 0. The zero-order valence-electron chi connectivity index (χ0n) is 28.0. The Kier molecular flexibility index (Phi) is 5.47. The standard InChI is InChI=1S/C48H28N4/c1-2-11-32(12-3-1)51-43-23-21-31(27-39(43)46-33-13-5-4-10-29(33)19-24-44(46)51)30-20-22-42-38(26-30)34-14-6-7-18-41(34)52(42)48-37-16-8-15-36-45(37)40(28-50-48)35-17-9-25-49-47(35)36/h1-28H. The molecule has 1 aliphatic carbocycles. The largest absolute Gasteiger partial charge is 0.309 e. The summed E-state index contributed by atoms with van der Waals surface area (Å²) in [6, 6.07) is 57.2. The van der Waals surface area contributed by atoms with Crippen molar-refractivity contribution in [2.45, 2.75) is 0 Å². The van der Waals surface area contributed by atoms with Gasteiger partial charge in [0.25, 0.3) is 0 Å². The Bertz CT molecular complexity index is 3260. The molecule has 4 aromatic heterocycles. The summed E-state index contributed by atoms with van der Waals surface area (Å²) in [5.74, 6) is 0.939. The minimum atomic E-state index is 0.939. The van der Waals surface area contributed by atoms with E-state index in [1.807, 2.05) is 18.5 Å². The molecule has 0 N–H and O–H groups in total. The maximum atomic E-state index is 5.18. The van der Waals surface area contributed by atoms with Gasteiger partial charge in [-0.05, 0) is 76.5 Å². The lowest BCUT2D eigenvalue weighted by Crippen LogP contribution is -1.99. The van der Waals surface area contributed by atoms with Crippen molar-refractivity contribution in [3.8, 4) is 45.0 Å². The van der Waals surface area contributed by atoms with Crippen molar-refractivity contribution in [2.24, 2.45) is 0 Å². The van der Waals surface area contributed by atoms with Crippen molar-refractivity contribution in [1.82, 2.24) is 19.1 Å². The Morgan fingerprint density at radius 3 is 1.96 bits per heavy atom. The topological polar surface area (TPSA) is 35.6 Å². The minimum Gasteiger partial charge on any atom is -0.309 e. The maximum absolute atomic E-state index is 5.18. The van der Waals surface area contributed by atoms with Crippen LogP contribution in [-0.4, -0.2) is 19.1 Å². The maximum Gasteiger partial charge on any atom is 0.145 e. The summed E-state index contributed by atoms with van der Waals surface area (Å²) in [5, 5.41) is 9.83. The predicted molar refractivity (Wildman–Crippen MR) is 216 cm³/mol. The summed E-state index contributed by atoms with van der Waals surface area (Å²) in [7, 11) is 0. The van der Waals surface area contributed by atoms with E-state index in [2.05, 4.69) is 161 Å². The van der Waals surface area contributed by atoms with E-state index in [1.54, 1.807) is 0 Å². The van der Waals surface area contributed by atoms with Gasteiger partial charge in [0.05, 0.1) is 27.8 Å². The molecule has 0 saturated heterocycles. The van der Waals surface area contributed by atoms with Crippen LogP contribution < -0.4 is 0 Å². The molecule has 0 atom stereocenters. The highest BCUT2D eigenvalue weighted by molar-refractivity contribution is 6.22. The van der Waals surface area contributed by atoms with Crippen LogP contribution in [0.2, 0.25) is 0 Å². The molecule has 0 fully saturated rings. The van der Waals surface area contributed by atoms with Crippen LogP contribution in [0.4, 0.5) is 0 Å². The first kappa shape index (κ1) is 27.7. The number of para-hydroxylation sites is 2. The highest BCUT2D eigenvalue weighted by Gasteiger charge is 2.25. The number of hydrogen-bond acceptors (Lipinski definition) is 2. The monoisotopic (exact) mass is 660 g/mol. The molecule has 12 rings (SSSR count). The van der Waals surface area contributed by atoms with Gasteiger partial charge in [-0.1, -0.05) is 103 Å². The highest BCUT2D eigenvalue weighted by atomic mass is 15.1. The lowest BCUT2D eigenvalue weighted by Gasteiger charge is -2.12. The molecule has 0 amide bonds. The van der Waals surface area contributed by atoms with Crippen molar-refractivity contribution in [2.75, 3.05) is 0 Å². The van der Waals surface area contributed by atoms with Gasteiger partial charge in [0, 0.05) is 67.1 Å². The van der Waals surface area contributed by atoms with E-state index >= 15 is 0 Å². The molecular weight excluding hydrogens is 633 g/mol. The molecule has 52 heavy (non-hydrogen) atoms. The molecule has 4 nitrogen and oxygen atoms in total.